The molecule has 34 heavy (non-hydrogen) atoms. The largest absolute Gasteiger partial charge is 0.488 e. The Balaban J connectivity index is 1.46. The first-order chi connectivity index (χ1) is 16.4. The quantitative estimate of drug-likeness (QED) is 0.556. The maximum Gasteiger partial charge on any atom is 0.255 e. The first-order valence-corrected chi connectivity index (χ1v) is 11.2. The lowest BCUT2D eigenvalue weighted by Gasteiger charge is -2.18. The molecule has 1 saturated heterocycles. The first-order valence-electron chi connectivity index (χ1n) is 11.2. The standard InChI is InChI=1S/C27H27N3O4/c1-18-21(27(33)30-14-4-5-15-30)11-7-12-23(18)29-26(32)20-9-6-8-19(16-20)17-34-24-13-3-2-10-22(24)25(28)31/h2-3,6-13,16H,4-5,14-15,17H2,1H3,(H2,28,31)(H,29,32). The Bertz CT molecular complexity index is 1230. The van der Waals surface area contributed by atoms with Gasteiger partial charge in [-0.15, -0.1) is 0 Å². The molecule has 0 radical (unpaired) electrons. The number of hydrogen-bond acceptors (Lipinski definition) is 4. The molecule has 4 rings (SSSR count). The molecular formula is C27H27N3O4. The highest BCUT2D eigenvalue weighted by molar-refractivity contribution is 6.06. The number of anilines is 1. The van der Waals surface area contributed by atoms with Crippen molar-refractivity contribution in [1.82, 2.24) is 4.90 Å². The molecule has 0 aliphatic carbocycles. The number of para-hydroxylation sites is 1. The van der Waals surface area contributed by atoms with E-state index in [2.05, 4.69) is 5.32 Å². The van der Waals surface area contributed by atoms with E-state index in [0.717, 1.165) is 37.1 Å². The van der Waals surface area contributed by atoms with Crippen LogP contribution >= 0.6 is 0 Å². The van der Waals surface area contributed by atoms with Gasteiger partial charge in [0.2, 0.25) is 0 Å². The molecule has 0 unspecified atom stereocenters. The molecule has 0 spiro atoms. The summed E-state index contributed by atoms with van der Waals surface area (Å²) in [5, 5.41) is 2.93. The summed E-state index contributed by atoms with van der Waals surface area (Å²) >= 11 is 0. The highest BCUT2D eigenvalue weighted by Gasteiger charge is 2.22. The van der Waals surface area contributed by atoms with Crippen molar-refractivity contribution in [3.8, 4) is 5.75 Å². The summed E-state index contributed by atoms with van der Waals surface area (Å²) in [6, 6.07) is 19.2. The van der Waals surface area contributed by atoms with E-state index in [0.29, 0.717) is 28.1 Å². The predicted molar refractivity (Wildman–Crippen MR) is 130 cm³/mol. The van der Waals surface area contributed by atoms with E-state index in [9.17, 15) is 14.4 Å². The second-order valence-electron chi connectivity index (χ2n) is 8.28. The number of nitrogens with two attached hydrogens (primary N) is 1. The molecule has 1 fully saturated rings. The zero-order valence-electron chi connectivity index (χ0n) is 19.0. The smallest absolute Gasteiger partial charge is 0.255 e. The van der Waals surface area contributed by atoms with Crippen molar-refractivity contribution in [2.75, 3.05) is 18.4 Å². The maximum atomic E-state index is 13.0. The second kappa shape index (κ2) is 10.2. The fourth-order valence-corrected chi connectivity index (χ4v) is 4.05. The van der Waals surface area contributed by atoms with E-state index >= 15 is 0 Å². The highest BCUT2D eigenvalue weighted by atomic mass is 16.5. The van der Waals surface area contributed by atoms with Crippen LogP contribution in [0.25, 0.3) is 0 Å². The van der Waals surface area contributed by atoms with E-state index < -0.39 is 5.91 Å². The third-order valence-corrected chi connectivity index (χ3v) is 5.94. The van der Waals surface area contributed by atoms with Crippen molar-refractivity contribution < 1.29 is 19.1 Å². The Kier molecular flexibility index (Phi) is 6.92. The van der Waals surface area contributed by atoms with Crippen molar-refractivity contribution >= 4 is 23.4 Å². The van der Waals surface area contributed by atoms with Gasteiger partial charge in [0.1, 0.15) is 12.4 Å². The third-order valence-electron chi connectivity index (χ3n) is 5.94. The van der Waals surface area contributed by atoms with Gasteiger partial charge in [-0.1, -0.05) is 30.3 Å². The molecule has 1 aliphatic heterocycles. The molecule has 3 N–H and O–H groups in total. The van der Waals surface area contributed by atoms with E-state index in [4.69, 9.17) is 10.5 Å². The summed E-state index contributed by atoms with van der Waals surface area (Å²) in [7, 11) is 0. The number of likely N-dealkylation sites (tertiary alicyclic amines) is 1. The normalized spacial score (nSPS) is 12.9. The van der Waals surface area contributed by atoms with Crippen LogP contribution < -0.4 is 15.8 Å². The van der Waals surface area contributed by atoms with E-state index in [1.54, 1.807) is 60.7 Å². The van der Waals surface area contributed by atoms with Gasteiger partial charge in [0.05, 0.1) is 5.56 Å². The van der Waals surface area contributed by atoms with Crippen LogP contribution in [0.3, 0.4) is 0 Å². The Labute approximate surface area is 198 Å². The molecule has 7 nitrogen and oxygen atoms in total. The lowest BCUT2D eigenvalue weighted by Crippen LogP contribution is -2.28. The third kappa shape index (κ3) is 5.09. The second-order valence-corrected chi connectivity index (χ2v) is 8.28. The number of hydrogen-bond donors (Lipinski definition) is 2. The molecule has 0 saturated carbocycles. The molecule has 1 heterocycles. The zero-order valence-corrected chi connectivity index (χ0v) is 19.0. The van der Waals surface area contributed by atoms with E-state index in [1.165, 1.54) is 0 Å². The molecule has 3 aromatic rings. The molecule has 7 heteroatoms. The summed E-state index contributed by atoms with van der Waals surface area (Å²) in [6.45, 7) is 3.56. The van der Waals surface area contributed by atoms with Gasteiger partial charge in [0, 0.05) is 29.9 Å². The molecule has 1 aliphatic rings. The summed E-state index contributed by atoms with van der Waals surface area (Å²) in [4.78, 5) is 39.2. The number of rotatable bonds is 7. The average Bonchev–Trinajstić information content (AvgIpc) is 3.39. The number of benzene rings is 3. The van der Waals surface area contributed by atoms with Gasteiger partial charge in [0.25, 0.3) is 17.7 Å². The average molecular weight is 458 g/mol. The summed E-state index contributed by atoms with van der Waals surface area (Å²) in [5.41, 5.74) is 8.88. The van der Waals surface area contributed by atoms with Crippen molar-refractivity contribution in [3.63, 3.8) is 0 Å². The summed E-state index contributed by atoms with van der Waals surface area (Å²) in [6.07, 6.45) is 2.05. The van der Waals surface area contributed by atoms with Crippen LogP contribution in [-0.4, -0.2) is 35.7 Å². The minimum absolute atomic E-state index is 0.00138. The number of amides is 3. The Morgan fingerprint density at radius 3 is 2.41 bits per heavy atom. The number of nitrogens with zero attached hydrogens (tertiary/aromatic N) is 1. The Morgan fingerprint density at radius 1 is 0.941 bits per heavy atom. The van der Waals surface area contributed by atoms with Crippen LogP contribution in [0.5, 0.6) is 5.75 Å². The lowest BCUT2D eigenvalue weighted by atomic mass is 10.0. The molecule has 174 valence electrons. The van der Waals surface area contributed by atoms with Crippen LogP contribution in [0.4, 0.5) is 5.69 Å². The Hall–Kier alpha value is -4.13. The van der Waals surface area contributed by atoms with Crippen LogP contribution in [0.2, 0.25) is 0 Å². The maximum absolute atomic E-state index is 13.0. The fourth-order valence-electron chi connectivity index (χ4n) is 4.05. The van der Waals surface area contributed by atoms with Crippen LogP contribution in [0.15, 0.2) is 66.7 Å². The molecule has 3 aromatic carbocycles. The minimum atomic E-state index is -0.565. The van der Waals surface area contributed by atoms with Crippen molar-refractivity contribution in [2.45, 2.75) is 26.4 Å². The zero-order chi connectivity index (χ0) is 24.1. The number of carbonyl (C=O) groups excluding carboxylic acids is 3. The van der Waals surface area contributed by atoms with Gasteiger partial charge in [-0.3, -0.25) is 14.4 Å². The molecule has 0 bridgehead atoms. The van der Waals surface area contributed by atoms with Gasteiger partial charge in [-0.05, 0) is 67.3 Å². The number of nitrogens with one attached hydrogen (secondary N) is 1. The molecule has 0 aromatic heterocycles. The van der Waals surface area contributed by atoms with Crippen LogP contribution in [0.1, 0.15) is 55.0 Å². The summed E-state index contributed by atoms with van der Waals surface area (Å²) in [5.74, 6) is -0.459. The van der Waals surface area contributed by atoms with Crippen molar-refractivity contribution in [1.29, 1.82) is 0 Å². The number of ether oxygens (including phenoxy) is 1. The van der Waals surface area contributed by atoms with Crippen LogP contribution in [0, 0.1) is 6.92 Å². The number of carbonyl (C=O) groups is 3. The number of primary amides is 1. The summed E-state index contributed by atoms with van der Waals surface area (Å²) < 4.78 is 5.77. The van der Waals surface area contributed by atoms with E-state index in [1.807, 2.05) is 17.9 Å². The lowest BCUT2D eigenvalue weighted by molar-refractivity contribution is 0.0791. The van der Waals surface area contributed by atoms with Crippen molar-refractivity contribution in [3.05, 3.63) is 94.5 Å². The van der Waals surface area contributed by atoms with Gasteiger partial charge in [-0.2, -0.15) is 0 Å². The first kappa shape index (κ1) is 23.0. The fraction of sp³-hybridized carbons (Fsp3) is 0.222. The highest BCUT2D eigenvalue weighted by Crippen LogP contribution is 2.23. The molecular weight excluding hydrogens is 430 g/mol. The minimum Gasteiger partial charge on any atom is -0.488 e. The monoisotopic (exact) mass is 457 g/mol. The molecule has 3 amide bonds. The van der Waals surface area contributed by atoms with Gasteiger partial charge < -0.3 is 20.7 Å². The topological polar surface area (TPSA) is 102 Å². The van der Waals surface area contributed by atoms with Gasteiger partial charge in [0.15, 0.2) is 0 Å². The van der Waals surface area contributed by atoms with Crippen molar-refractivity contribution in [2.24, 2.45) is 5.73 Å². The van der Waals surface area contributed by atoms with Gasteiger partial charge in [-0.25, -0.2) is 0 Å². The Morgan fingerprint density at radius 2 is 1.65 bits per heavy atom. The van der Waals surface area contributed by atoms with Crippen LogP contribution in [-0.2, 0) is 6.61 Å². The SMILES string of the molecule is Cc1c(NC(=O)c2cccc(COc3ccccc3C(N)=O)c2)cccc1C(=O)N1CCCC1. The molecule has 0 atom stereocenters. The van der Waals surface area contributed by atoms with Gasteiger partial charge >= 0.3 is 0 Å². The van der Waals surface area contributed by atoms with E-state index in [-0.39, 0.29) is 18.4 Å². The predicted octanol–water partition coefficient (Wildman–Crippen LogP) is 4.16.